The largest absolute Gasteiger partial charge is 0.329 e. The Labute approximate surface area is 156 Å². The van der Waals surface area contributed by atoms with Gasteiger partial charge in [-0.1, -0.05) is 24.3 Å². The van der Waals surface area contributed by atoms with Gasteiger partial charge in [-0.25, -0.2) is 9.37 Å². The van der Waals surface area contributed by atoms with Crippen molar-refractivity contribution in [2.75, 3.05) is 19.6 Å². The number of rotatable bonds is 3. The van der Waals surface area contributed by atoms with Gasteiger partial charge in [0, 0.05) is 30.8 Å². The van der Waals surface area contributed by atoms with E-state index in [2.05, 4.69) is 20.5 Å². The minimum absolute atomic E-state index is 0.0835. The summed E-state index contributed by atoms with van der Waals surface area (Å²) in [5.41, 5.74) is 2.14. The summed E-state index contributed by atoms with van der Waals surface area (Å²) >= 11 is 0. The van der Waals surface area contributed by atoms with Gasteiger partial charge in [0.1, 0.15) is 11.6 Å². The number of hydrogen-bond donors (Lipinski definition) is 2. The number of amides is 1. The van der Waals surface area contributed by atoms with Crippen LogP contribution >= 0.6 is 0 Å². The van der Waals surface area contributed by atoms with E-state index in [1.54, 1.807) is 23.1 Å². The zero-order valence-corrected chi connectivity index (χ0v) is 14.9. The molecule has 1 atom stereocenters. The molecule has 4 rings (SSSR count). The Kier molecular flexibility index (Phi) is 4.68. The third-order valence-corrected chi connectivity index (χ3v) is 4.70. The maximum absolute atomic E-state index is 13.7. The van der Waals surface area contributed by atoms with Gasteiger partial charge in [-0.3, -0.25) is 9.89 Å². The van der Waals surface area contributed by atoms with Crippen molar-refractivity contribution in [3.05, 3.63) is 71.3 Å². The Morgan fingerprint density at radius 3 is 2.85 bits per heavy atom. The molecule has 0 spiro atoms. The van der Waals surface area contributed by atoms with Gasteiger partial charge < -0.3 is 10.2 Å². The zero-order chi connectivity index (χ0) is 18.8. The van der Waals surface area contributed by atoms with Crippen LogP contribution in [0.5, 0.6) is 0 Å². The number of H-pyrrole nitrogens is 1. The van der Waals surface area contributed by atoms with Crippen LogP contribution in [0, 0.1) is 12.7 Å². The summed E-state index contributed by atoms with van der Waals surface area (Å²) in [4.78, 5) is 19.3. The number of nitrogens with zero attached hydrogens (tertiary/aromatic N) is 3. The molecule has 7 heteroatoms. The van der Waals surface area contributed by atoms with Gasteiger partial charge in [0.15, 0.2) is 5.82 Å². The number of aryl methyl sites for hydroxylation is 1. The Balaban J connectivity index is 1.64. The fraction of sp³-hybridized carbons (Fsp3) is 0.250. The molecule has 138 valence electrons. The van der Waals surface area contributed by atoms with Gasteiger partial charge in [-0.2, -0.15) is 5.10 Å². The summed E-state index contributed by atoms with van der Waals surface area (Å²) in [6, 6.07) is 13.5. The number of aromatic nitrogens is 3. The van der Waals surface area contributed by atoms with Gasteiger partial charge >= 0.3 is 0 Å². The molecule has 1 saturated heterocycles. The van der Waals surface area contributed by atoms with Gasteiger partial charge in [0.05, 0.1) is 6.04 Å². The van der Waals surface area contributed by atoms with E-state index in [0.29, 0.717) is 31.0 Å². The molecule has 3 aromatic rings. The molecule has 2 aromatic carbocycles. The Morgan fingerprint density at radius 1 is 1.22 bits per heavy atom. The van der Waals surface area contributed by atoms with Crippen LogP contribution in [0.4, 0.5) is 4.39 Å². The number of halogens is 1. The molecule has 0 saturated carbocycles. The molecule has 0 aliphatic carbocycles. The second-order valence-corrected chi connectivity index (χ2v) is 6.60. The highest BCUT2D eigenvalue weighted by Crippen LogP contribution is 2.26. The minimum Gasteiger partial charge on any atom is -0.329 e. The lowest BCUT2D eigenvalue weighted by Crippen LogP contribution is -2.48. The van der Waals surface area contributed by atoms with Crippen molar-refractivity contribution >= 4 is 5.91 Å². The van der Waals surface area contributed by atoms with Crippen molar-refractivity contribution in [1.82, 2.24) is 25.4 Å². The summed E-state index contributed by atoms with van der Waals surface area (Å²) in [5.74, 6) is 0.895. The Hall–Kier alpha value is -3.06. The van der Waals surface area contributed by atoms with Gasteiger partial charge in [-0.05, 0) is 36.8 Å². The predicted molar refractivity (Wildman–Crippen MR) is 99.6 cm³/mol. The van der Waals surface area contributed by atoms with Crippen LogP contribution in [-0.4, -0.2) is 45.6 Å². The molecular formula is C20H20FN5O. The molecule has 27 heavy (non-hydrogen) atoms. The Morgan fingerprint density at radius 2 is 2.07 bits per heavy atom. The third-order valence-electron chi connectivity index (χ3n) is 4.70. The van der Waals surface area contributed by atoms with Crippen molar-refractivity contribution in [2.24, 2.45) is 0 Å². The first kappa shape index (κ1) is 17.4. The molecule has 1 aliphatic rings. The van der Waals surface area contributed by atoms with E-state index >= 15 is 0 Å². The van der Waals surface area contributed by atoms with Crippen LogP contribution in [0.3, 0.4) is 0 Å². The van der Waals surface area contributed by atoms with Crippen LogP contribution in [0.15, 0.2) is 48.5 Å². The summed E-state index contributed by atoms with van der Waals surface area (Å²) in [6.07, 6.45) is 0. The lowest BCUT2D eigenvalue weighted by atomic mass is 10.0. The molecule has 1 amide bonds. The topological polar surface area (TPSA) is 73.9 Å². The van der Waals surface area contributed by atoms with E-state index in [9.17, 15) is 9.18 Å². The van der Waals surface area contributed by atoms with Crippen molar-refractivity contribution < 1.29 is 9.18 Å². The highest BCUT2D eigenvalue weighted by Gasteiger charge is 2.29. The third kappa shape index (κ3) is 3.59. The van der Waals surface area contributed by atoms with Crippen molar-refractivity contribution in [2.45, 2.75) is 13.0 Å². The monoisotopic (exact) mass is 365 g/mol. The Bertz CT molecular complexity index is 970. The van der Waals surface area contributed by atoms with Gasteiger partial charge in [0.2, 0.25) is 0 Å². The molecule has 2 N–H and O–H groups in total. The standard InChI is InChI=1S/C20H20FN5O/c1-13-23-19(25-24-13)15-5-2-6-16(10-15)20(27)26-9-8-22-12-18(26)14-4-3-7-17(21)11-14/h2-7,10-11,18,22H,8-9,12H2,1H3,(H,23,24,25). The quantitative estimate of drug-likeness (QED) is 0.748. The van der Waals surface area contributed by atoms with E-state index in [0.717, 1.165) is 17.0 Å². The number of carbonyl (C=O) groups is 1. The molecule has 0 bridgehead atoms. The number of aromatic amines is 1. The first-order chi connectivity index (χ1) is 13.1. The van der Waals surface area contributed by atoms with E-state index in [1.165, 1.54) is 12.1 Å². The number of carbonyl (C=O) groups excluding carboxylic acids is 1. The molecule has 1 fully saturated rings. The normalized spacial score (nSPS) is 17.1. The maximum Gasteiger partial charge on any atom is 0.254 e. The fourth-order valence-corrected chi connectivity index (χ4v) is 3.39. The highest BCUT2D eigenvalue weighted by atomic mass is 19.1. The molecular weight excluding hydrogens is 345 g/mol. The van der Waals surface area contributed by atoms with Crippen molar-refractivity contribution in [1.29, 1.82) is 0 Å². The van der Waals surface area contributed by atoms with Crippen LogP contribution in [0.2, 0.25) is 0 Å². The van der Waals surface area contributed by atoms with Gasteiger partial charge in [0.25, 0.3) is 5.91 Å². The number of benzene rings is 2. The van der Waals surface area contributed by atoms with E-state index in [1.807, 2.05) is 25.1 Å². The first-order valence-electron chi connectivity index (χ1n) is 8.88. The lowest BCUT2D eigenvalue weighted by molar-refractivity contribution is 0.0634. The van der Waals surface area contributed by atoms with Crippen molar-refractivity contribution in [3.8, 4) is 11.4 Å². The average Bonchev–Trinajstić information content (AvgIpc) is 3.14. The lowest BCUT2D eigenvalue weighted by Gasteiger charge is -2.36. The molecule has 1 unspecified atom stereocenters. The smallest absolute Gasteiger partial charge is 0.254 e. The molecule has 1 aliphatic heterocycles. The van der Waals surface area contributed by atoms with Crippen LogP contribution in [0.1, 0.15) is 27.8 Å². The zero-order valence-electron chi connectivity index (χ0n) is 14.9. The summed E-state index contributed by atoms with van der Waals surface area (Å²) in [5, 5.41) is 10.3. The minimum atomic E-state index is -0.299. The summed E-state index contributed by atoms with van der Waals surface area (Å²) in [7, 11) is 0. The van der Waals surface area contributed by atoms with E-state index in [-0.39, 0.29) is 17.8 Å². The molecule has 1 aromatic heterocycles. The second-order valence-electron chi connectivity index (χ2n) is 6.60. The van der Waals surface area contributed by atoms with Crippen LogP contribution in [0.25, 0.3) is 11.4 Å². The number of nitrogens with one attached hydrogen (secondary N) is 2. The van der Waals surface area contributed by atoms with Crippen molar-refractivity contribution in [3.63, 3.8) is 0 Å². The average molecular weight is 365 g/mol. The molecule has 2 heterocycles. The fourth-order valence-electron chi connectivity index (χ4n) is 3.39. The van der Waals surface area contributed by atoms with E-state index in [4.69, 9.17) is 0 Å². The first-order valence-corrected chi connectivity index (χ1v) is 8.88. The van der Waals surface area contributed by atoms with Crippen LogP contribution < -0.4 is 5.32 Å². The summed E-state index contributed by atoms with van der Waals surface area (Å²) in [6.45, 7) is 3.69. The SMILES string of the molecule is Cc1nc(-c2cccc(C(=O)N3CCNCC3c3cccc(F)c3)c2)n[nH]1. The predicted octanol–water partition coefficient (Wildman–Crippen LogP) is 2.71. The van der Waals surface area contributed by atoms with Gasteiger partial charge in [-0.15, -0.1) is 0 Å². The maximum atomic E-state index is 13.7. The number of hydrogen-bond acceptors (Lipinski definition) is 4. The van der Waals surface area contributed by atoms with E-state index < -0.39 is 0 Å². The molecule has 0 radical (unpaired) electrons. The highest BCUT2D eigenvalue weighted by molar-refractivity contribution is 5.95. The summed E-state index contributed by atoms with van der Waals surface area (Å²) < 4.78 is 13.7. The second kappa shape index (κ2) is 7.28. The van der Waals surface area contributed by atoms with Crippen LogP contribution in [-0.2, 0) is 0 Å². The number of piperazine rings is 1. The molecule has 6 nitrogen and oxygen atoms in total.